The monoisotopic (exact) mass is 496 g/mol. The topological polar surface area (TPSA) is 52.5 Å². The lowest BCUT2D eigenvalue weighted by Gasteiger charge is -2.10. The lowest BCUT2D eigenvalue weighted by Crippen LogP contribution is -2.32. The lowest BCUT2D eigenvalue weighted by atomic mass is 10.0. The van der Waals surface area contributed by atoms with Crippen molar-refractivity contribution in [3.8, 4) is 0 Å². The Balaban J connectivity index is 3.13. The van der Waals surface area contributed by atoms with Crippen LogP contribution in [0.25, 0.3) is 0 Å². The molecule has 0 saturated carbocycles. The lowest BCUT2D eigenvalue weighted by molar-refractivity contribution is 0.244. The molecule has 3 heteroatoms. The Morgan fingerprint density at radius 3 is 1.17 bits per heavy atom. The van der Waals surface area contributed by atoms with E-state index in [1.807, 2.05) is 6.08 Å². The van der Waals surface area contributed by atoms with E-state index in [-0.39, 0.29) is 19.3 Å². The Morgan fingerprint density at radius 2 is 0.857 bits per heavy atom. The van der Waals surface area contributed by atoms with Crippen molar-refractivity contribution in [3.63, 3.8) is 0 Å². The van der Waals surface area contributed by atoms with Crippen molar-refractivity contribution in [3.05, 3.63) is 12.2 Å². The Labute approximate surface area is 221 Å². The highest BCUT2D eigenvalue weighted by Gasteiger charge is 2.00. The molecule has 0 heterocycles. The highest BCUT2D eigenvalue weighted by atomic mass is 16.3. The van der Waals surface area contributed by atoms with Gasteiger partial charge < -0.3 is 15.5 Å². The number of hydrogen-bond acceptors (Lipinski definition) is 3. The fraction of sp³-hybridized carbons (Fsp3) is 0.938. The van der Waals surface area contributed by atoms with Crippen LogP contribution in [-0.4, -0.2) is 36.0 Å². The van der Waals surface area contributed by atoms with Gasteiger partial charge in [-0.1, -0.05) is 167 Å². The SMILES string of the molecule is CCCCCCCCCCCCCCCCCCCCCCCCCC/C=C/C(CO)NCCO. The van der Waals surface area contributed by atoms with Gasteiger partial charge in [-0.2, -0.15) is 0 Å². The van der Waals surface area contributed by atoms with Crippen molar-refractivity contribution < 1.29 is 10.2 Å². The van der Waals surface area contributed by atoms with Crippen LogP contribution in [0.5, 0.6) is 0 Å². The average molecular weight is 496 g/mol. The van der Waals surface area contributed by atoms with Crippen LogP contribution in [-0.2, 0) is 0 Å². The van der Waals surface area contributed by atoms with Gasteiger partial charge in [0.2, 0.25) is 0 Å². The third-order valence-corrected chi connectivity index (χ3v) is 7.31. The molecule has 0 radical (unpaired) electrons. The highest BCUT2D eigenvalue weighted by molar-refractivity contribution is 4.92. The quantitative estimate of drug-likeness (QED) is 0.0687. The zero-order valence-electron chi connectivity index (χ0n) is 23.9. The zero-order valence-corrected chi connectivity index (χ0v) is 23.9. The van der Waals surface area contributed by atoms with E-state index in [1.165, 1.54) is 154 Å². The van der Waals surface area contributed by atoms with Crippen LogP contribution in [0.15, 0.2) is 12.2 Å². The second-order valence-corrected chi connectivity index (χ2v) is 10.8. The molecule has 0 aromatic heterocycles. The molecule has 0 saturated heterocycles. The molecule has 1 atom stereocenters. The third kappa shape index (κ3) is 29.7. The number of rotatable bonds is 30. The van der Waals surface area contributed by atoms with Gasteiger partial charge in [-0.05, 0) is 12.8 Å². The van der Waals surface area contributed by atoms with Gasteiger partial charge in [-0.3, -0.25) is 0 Å². The molecule has 0 aromatic rings. The van der Waals surface area contributed by atoms with Gasteiger partial charge in [0.15, 0.2) is 0 Å². The third-order valence-electron chi connectivity index (χ3n) is 7.31. The summed E-state index contributed by atoms with van der Waals surface area (Å²) < 4.78 is 0. The van der Waals surface area contributed by atoms with Crippen LogP contribution < -0.4 is 5.32 Å². The van der Waals surface area contributed by atoms with E-state index >= 15 is 0 Å². The molecule has 210 valence electrons. The maximum atomic E-state index is 9.25. The van der Waals surface area contributed by atoms with Crippen LogP contribution in [0, 0.1) is 0 Å². The second-order valence-electron chi connectivity index (χ2n) is 10.8. The molecule has 35 heavy (non-hydrogen) atoms. The first-order valence-corrected chi connectivity index (χ1v) is 16.0. The van der Waals surface area contributed by atoms with Crippen LogP contribution in [0.1, 0.15) is 167 Å². The minimum Gasteiger partial charge on any atom is -0.395 e. The van der Waals surface area contributed by atoms with Crippen molar-refractivity contribution in [2.24, 2.45) is 0 Å². The largest absolute Gasteiger partial charge is 0.395 e. The molecule has 0 rings (SSSR count). The summed E-state index contributed by atoms with van der Waals surface area (Å²) in [6.07, 6.45) is 39.6. The molecule has 0 fully saturated rings. The van der Waals surface area contributed by atoms with Crippen molar-refractivity contribution in [2.45, 2.75) is 173 Å². The Kier molecular flexibility index (Phi) is 31.3. The number of allylic oxidation sites excluding steroid dienone is 1. The van der Waals surface area contributed by atoms with Crippen LogP contribution >= 0.6 is 0 Å². The van der Waals surface area contributed by atoms with Crippen molar-refractivity contribution in [1.82, 2.24) is 5.32 Å². The number of aliphatic hydroxyl groups excluding tert-OH is 2. The van der Waals surface area contributed by atoms with Gasteiger partial charge in [0.1, 0.15) is 0 Å². The summed E-state index contributed by atoms with van der Waals surface area (Å²) in [4.78, 5) is 0. The molecule has 0 spiro atoms. The Bertz CT molecular complexity index is 399. The molecule has 3 N–H and O–H groups in total. The summed E-state index contributed by atoms with van der Waals surface area (Å²) in [5.74, 6) is 0. The van der Waals surface area contributed by atoms with E-state index in [0.29, 0.717) is 6.54 Å². The maximum Gasteiger partial charge on any atom is 0.0620 e. The molecule has 0 amide bonds. The molecule has 3 nitrogen and oxygen atoms in total. The minimum absolute atomic E-state index is 0.0171. The number of nitrogens with one attached hydrogen (secondary N) is 1. The number of aliphatic hydroxyl groups is 2. The van der Waals surface area contributed by atoms with Gasteiger partial charge >= 0.3 is 0 Å². The maximum absolute atomic E-state index is 9.25. The van der Waals surface area contributed by atoms with Crippen LogP contribution in [0.4, 0.5) is 0 Å². The Hall–Kier alpha value is -0.380. The van der Waals surface area contributed by atoms with E-state index in [2.05, 4.69) is 18.3 Å². The second kappa shape index (κ2) is 31.6. The Morgan fingerprint density at radius 1 is 0.514 bits per heavy atom. The molecule has 1 unspecified atom stereocenters. The predicted molar refractivity (Wildman–Crippen MR) is 156 cm³/mol. The van der Waals surface area contributed by atoms with Crippen LogP contribution in [0.3, 0.4) is 0 Å². The van der Waals surface area contributed by atoms with Gasteiger partial charge in [-0.15, -0.1) is 0 Å². The molecule has 0 aliphatic rings. The average Bonchev–Trinajstić information content (AvgIpc) is 2.88. The van der Waals surface area contributed by atoms with E-state index in [1.54, 1.807) is 0 Å². The summed E-state index contributed by atoms with van der Waals surface area (Å²) in [6, 6.07) is -0.0171. The van der Waals surface area contributed by atoms with Crippen molar-refractivity contribution in [1.29, 1.82) is 0 Å². The fourth-order valence-electron chi connectivity index (χ4n) is 4.93. The van der Waals surface area contributed by atoms with E-state index < -0.39 is 0 Å². The molecule has 0 aliphatic heterocycles. The normalized spacial score (nSPS) is 12.7. The van der Waals surface area contributed by atoms with Crippen molar-refractivity contribution >= 4 is 0 Å². The summed E-state index contributed by atoms with van der Waals surface area (Å²) in [7, 11) is 0. The zero-order chi connectivity index (χ0) is 25.5. The summed E-state index contributed by atoms with van der Waals surface area (Å²) in [6.45, 7) is 3.04. The first kappa shape index (κ1) is 34.6. The molecule has 0 aromatic carbocycles. The first-order chi connectivity index (χ1) is 17.3. The van der Waals surface area contributed by atoms with Gasteiger partial charge in [-0.25, -0.2) is 0 Å². The summed E-state index contributed by atoms with van der Waals surface area (Å²) in [5, 5.41) is 21.2. The predicted octanol–water partition coefficient (Wildman–Crippen LogP) is 9.26. The highest BCUT2D eigenvalue weighted by Crippen LogP contribution is 2.15. The molecule has 0 bridgehead atoms. The summed E-state index contributed by atoms with van der Waals surface area (Å²) >= 11 is 0. The van der Waals surface area contributed by atoms with Gasteiger partial charge in [0.05, 0.1) is 13.2 Å². The molecule has 0 aliphatic carbocycles. The van der Waals surface area contributed by atoms with Gasteiger partial charge in [0.25, 0.3) is 0 Å². The fourth-order valence-corrected chi connectivity index (χ4v) is 4.93. The van der Waals surface area contributed by atoms with Crippen molar-refractivity contribution in [2.75, 3.05) is 19.8 Å². The standard InChI is InChI=1S/C32H65NO2/c1-2-3-4-5-6-7-8-9-10-11-12-13-14-15-16-17-18-19-20-21-22-23-24-25-26-27-28-32(31-35)33-29-30-34/h27-28,32-35H,2-26,29-31H2,1H3/b28-27+. The smallest absolute Gasteiger partial charge is 0.0620 e. The summed E-state index contributed by atoms with van der Waals surface area (Å²) in [5.41, 5.74) is 0. The number of hydrogen-bond donors (Lipinski definition) is 3. The van der Waals surface area contributed by atoms with E-state index in [9.17, 15) is 5.11 Å². The number of unbranched alkanes of at least 4 members (excludes halogenated alkanes) is 24. The molecular weight excluding hydrogens is 430 g/mol. The minimum atomic E-state index is -0.0171. The van der Waals surface area contributed by atoms with Gasteiger partial charge in [0, 0.05) is 12.6 Å². The first-order valence-electron chi connectivity index (χ1n) is 16.0. The van der Waals surface area contributed by atoms with E-state index in [4.69, 9.17) is 5.11 Å². The molecular formula is C32H65NO2. The van der Waals surface area contributed by atoms with E-state index in [0.717, 1.165) is 6.42 Å². The van der Waals surface area contributed by atoms with Crippen LogP contribution in [0.2, 0.25) is 0 Å².